The van der Waals surface area contributed by atoms with Gasteiger partial charge in [0.2, 0.25) is 0 Å². The highest BCUT2D eigenvalue weighted by Gasteiger charge is 1.96. The lowest BCUT2D eigenvalue weighted by Gasteiger charge is -2.03. The molecule has 0 heterocycles. The monoisotopic (exact) mass is 142 g/mol. The molecule has 0 aromatic carbocycles. The standard InChI is InChI=1S/C9H18O/c1-8(2)5-4-6-9(3)7-10/h5,9-10H,4,6-7H2,1-3H3/t9-/m0/s1. The molecule has 1 atom stereocenters. The van der Waals surface area contributed by atoms with Gasteiger partial charge in [-0.2, -0.15) is 0 Å². The zero-order chi connectivity index (χ0) is 7.98. The first-order valence-electron chi connectivity index (χ1n) is 3.91. The number of hydrogen-bond donors (Lipinski definition) is 1. The molecule has 1 heteroatoms. The van der Waals surface area contributed by atoms with E-state index in [1.165, 1.54) is 5.57 Å². The summed E-state index contributed by atoms with van der Waals surface area (Å²) in [6.45, 7) is 6.59. The van der Waals surface area contributed by atoms with Gasteiger partial charge in [-0.05, 0) is 32.6 Å². The lowest BCUT2D eigenvalue weighted by atomic mass is 10.1. The van der Waals surface area contributed by atoms with Gasteiger partial charge in [-0.25, -0.2) is 0 Å². The lowest BCUT2D eigenvalue weighted by molar-refractivity contribution is 0.231. The third kappa shape index (κ3) is 5.83. The highest BCUT2D eigenvalue weighted by atomic mass is 16.3. The average Bonchev–Trinajstić information content (AvgIpc) is 1.87. The van der Waals surface area contributed by atoms with Crippen LogP contribution in [0.2, 0.25) is 0 Å². The van der Waals surface area contributed by atoms with Gasteiger partial charge in [0.25, 0.3) is 0 Å². The second-order valence-electron chi connectivity index (χ2n) is 3.15. The van der Waals surface area contributed by atoms with Crippen molar-refractivity contribution >= 4 is 0 Å². The fraction of sp³-hybridized carbons (Fsp3) is 0.778. The molecule has 0 aliphatic heterocycles. The Balaban J connectivity index is 3.28. The van der Waals surface area contributed by atoms with E-state index >= 15 is 0 Å². The molecule has 0 bridgehead atoms. The van der Waals surface area contributed by atoms with Crippen LogP contribution in [-0.4, -0.2) is 11.7 Å². The van der Waals surface area contributed by atoms with Crippen molar-refractivity contribution < 1.29 is 5.11 Å². The van der Waals surface area contributed by atoms with Crippen molar-refractivity contribution in [2.75, 3.05) is 6.61 Å². The van der Waals surface area contributed by atoms with Gasteiger partial charge in [-0.15, -0.1) is 0 Å². The number of aliphatic hydroxyl groups is 1. The van der Waals surface area contributed by atoms with E-state index in [1.807, 2.05) is 0 Å². The summed E-state index contributed by atoms with van der Waals surface area (Å²) in [7, 11) is 0. The Labute approximate surface area is 63.8 Å². The Bertz CT molecular complexity index is 101. The van der Waals surface area contributed by atoms with Gasteiger partial charge in [-0.3, -0.25) is 0 Å². The van der Waals surface area contributed by atoms with E-state index in [9.17, 15) is 0 Å². The fourth-order valence-electron chi connectivity index (χ4n) is 0.748. The SMILES string of the molecule is CC(C)=CCC[C@H](C)CO. The highest BCUT2D eigenvalue weighted by molar-refractivity contribution is 4.92. The van der Waals surface area contributed by atoms with Crippen molar-refractivity contribution in [1.29, 1.82) is 0 Å². The minimum atomic E-state index is 0.316. The number of rotatable bonds is 4. The van der Waals surface area contributed by atoms with Crippen molar-refractivity contribution in [1.82, 2.24) is 0 Å². The van der Waals surface area contributed by atoms with Crippen LogP contribution in [-0.2, 0) is 0 Å². The molecule has 0 aromatic heterocycles. The Kier molecular flexibility index (Phi) is 5.32. The van der Waals surface area contributed by atoms with Gasteiger partial charge in [-0.1, -0.05) is 18.6 Å². The second kappa shape index (κ2) is 5.48. The minimum Gasteiger partial charge on any atom is -0.396 e. The summed E-state index contributed by atoms with van der Waals surface area (Å²) in [5.41, 5.74) is 1.37. The highest BCUT2D eigenvalue weighted by Crippen LogP contribution is 2.05. The van der Waals surface area contributed by atoms with Gasteiger partial charge < -0.3 is 5.11 Å². The van der Waals surface area contributed by atoms with E-state index in [0.29, 0.717) is 12.5 Å². The van der Waals surface area contributed by atoms with E-state index in [0.717, 1.165) is 12.8 Å². The van der Waals surface area contributed by atoms with Gasteiger partial charge >= 0.3 is 0 Å². The van der Waals surface area contributed by atoms with Gasteiger partial charge in [0.05, 0.1) is 0 Å². The quantitative estimate of drug-likeness (QED) is 0.597. The van der Waals surface area contributed by atoms with Crippen LogP contribution in [0.3, 0.4) is 0 Å². The molecule has 0 saturated carbocycles. The molecular formula is C9H18O. The number of hydrogen-bond acceptors (Lipinski definition) is 1. The first kappa shape index (κ1) is 9.70. The molecule has 0 aliphatic carbocycles. The van der Waals surface area contributed by atoms with Crippen LogP contribution in [0.15, 0.2) is 11.6 Å². The van der Waals surface area contributed by atoms with Crippen LogP contribution in [0.25, 0.3) is 0 Å². The van der Waals surface area contributed by atoms with Crippen molar-refractivity contribution in [3.63, 3.8) is 0 Å². The normalized spacial score (nSPS) is 12.8. The smallest absolute Gasteiger partial charge is 0.0456 e. The van der Waals surface area contributed by atoms with E-state index < -0.39 is 0 Å². The first-order chi connectivity index (χ1) is 4.66. The third-order valence-electron chi connectivity index (χ3n) is 1.52. The molecule has 0 rings (SSSR count). The van der Waals surface area contributed by atoms with Crippen LogP contribution in [0.1, 0.15) is 33.6 Å². The summed E-state index contributed by atoms with van der Waals surface area (Å²) in [6, 6.07) is 0. The van der Waals surface area contributed by atoms with E-state index in [-0.39, 0.29) is 0 Å². The van der Waals surface area contributed by atoms with Crippen molar-refractivity contribution in [3.8, 4) is 0 Å². The van der Waals surface area contributed by atoms with Crippen molar-refractivity contribution in [3.05, 3.63) is 11.6 Å². The number of aliphatic hydroxyl groups excluding tert-OH is 1. The summed E-state index contributed by atoms with van der Waals surface area (Å²) < 4.78 is 0. The Morgan fingerprint density at radius 2 is 2.10 bits per heavy atom. The largest absolute Gasteiger partial charge is 0.396 e. The molecule has 0 amide bonds. The maximum atomic E-state index is 8.68. The summed E-state index contributed by atoms with van der Waals surface area (Å²) in [6.07, 6.45) is 4.41. The van der Waals surface area contributed by atoms with Crippen LogP contribution in [0, 0.1) is 5.92 Å². The van der Waals surface area contributed by atoms with Crippen LogP contribution < -0.4 is 0 Å². The molecule has 0 spiro atoms. The molecule has 1 nitrogen and oxygen atoms in total. The molecular weight excluding hydrogens is 124 g/mol. The maximum absolute atomic E-state index is 8.68. The maximum Gasteiger partial charge on any atom is 0.0456 e. The first-order valence-corrected chi connectivity index (χ1v) is 3.91. The molecule has 0 saturated heterocycles. The average molecular weight is 142 g/mol. The summed E-state index contributed by atoms with van der Waals surface area (Å²) in [5.74, 6) is 0.454. The molecule has 0 aliphatic rings. The Hall–Kier alpha value is -0.300. The third-order valence-corrected chi connectivity index (χ3v) is 1.52. The second-order valence-corrected chi connectivity index (χ2v) is 3.15. The molecule has 0 radical (unpaired) electrons. The molecule has 60 valence electrons. The molecule has 0 fully saturated rings. The molecule has 0 unspecified atom stereocenters. The summed E-state index contributed by atoms with van der Waals surface area (Å²) in [5, 5.41) is 8.68. The molecule has 0 aromatic rings. The molecule has 1 N–H and O–H groups in total. The minimum absolute atomic E-state index is 0.316. The molecule has 10 heavy (non-hydrogen) atoms. The predicted octanol–water partition coefficient (Wildman–Crippen LogP) is 2.36. The van der Waals surface area contributed by atoms with E-state index in [4.69, 9.17) is 5.11 Å². The Morgan fingerprint density at radius 1 is 1.50 bits per heavy atom. The van der Waals surface area contributed by atoms with Gasteiger partial charge in [0.15, 0.2) is 0 Å². The van der Waals surface area contributed by atoms with Gasteiger partial charge in [0, 0.05) is 6.61 Å². The van der Waals surface area contributed by atoms with E-state index in [2.05, 4.69) is 26.8 Å². The Morgan fingerprint density at radius 3 is 2.50 bits per heavy atom. The predicted molar refractivity (Wildman–Crippen MR) is 44.9 cm³/mol. The van der Waals surface area contributed by atoms with E-state index in [1.54, 1.807) is 0 Å². The van der Waals surface area contributed by atoms with Gasteiger partial charge in [0.1, 0.15) is 0 Å². The zero-order valence-corrected chi connectivity index (χ0v) is 7.22. The van der Waals surface area contributed by atoms with Crippen LogP contribution >= 0.6 is 0 Å². The van der Waals surface area contributed by atoms with Crippen LogP contribution in [0.5, 0.6) is 0 Å². The summed E-state index contributed by atoms with van der Waals surface area (Å²) >= 11 is 0. The van der Waals surface area contributed by atoms with Crippen molar-refractivity contribution in [2.24, 2.45) is 5.92 Å². The lowest BCUT2D eigenvalue weighted by Crippen LogP contribution is -1.98. The fourth-order valence-corrected chi connectivity index (χ4v) is 0.748. The van der Waals surface area contributed by atoms with Crippen LogP contribution in [0.4, 0.5) is 0 Å². The zero-order valence-electron chi connectivity index (χ0n) is 7.22. The number of allylic oxidation sites excluding steroid dienone is 2. The topological polar surface area (TPSA) is 20.2 Å². The summed E-state index contributed by atoms with van der Waals surface area (Å²) in [4.78, 5) is 0. The van der Waals surface area contributed by atoms with Crippen molar-refractivity contribution in [2.45, 2.75) is 33.6 Å².